The predicted molar refractivity (Wildman–Crippen MR) is 81.8 cm³/mol. The predicted octanol–water partition coefficient (Wildman–Crippen LogP) is 3.68. The molecule has 0 amide bonds. The third-order valence-electron chi connectivity index (χ3n) is 4.30. The Bertz CT molecular complexity index is 587. The molecular formula is C16H20ClN3. The van der Waals surface area contributed by atoms with Crippen molar-refractivity contribution in [2.75, 3.05) is 0 Å². The standard InChI is InChI=1S/C16H20ClN3/c1-2-10-20-14(13(17)11-19-20)15(18)16(8-9-16)12-6-4-3-5-7-12/h3-7,11,15H,2,8-10,18H2,1H3. The number of hydrogen-bond donors (Lipinski definition) is 1. The van der Waals surface area contributed by atoms with Crippen molar-refractivity contribution >= 4 is 11.6 Å². The molecule has 0 spiro atoms. The molecule has 20 heavy (non-hydrogen) atoms. The van der Waals surface area contributed by atoms with Crippen LogP contribution in [-0.2, 0) is 12.0 Å². The summed E-state index contributed by atoms with van der Waals surface area (Å²) < 4.78 is 1.97. The maximum atomic E-state index is 6.60. The van der Waals surface area contributed by atoms with Crippen LogP contribution in [0.25, 0.3) is 0 Å². The quantitative estimate of drug-likeness (QED) is 0.912. The van der Waals surface area contributed by atoms with Gasteiger partial charge in [0.05, 0.1) is 23.0 Å². The lowest BCUT2D eigenvalue weighted by Crippen LogP contribution is -2.29. The van der Waals surface area contributed by atoms with Crippen molar-refractivity contribution in [2.24, 2.45) is 5.73 Å². The third-order valence-corrected chi connectivity index (χ3v) is 4.59. The van der Waals surface area contributed by atoms with E-state index in [2.05, 4.69) is 36.3 Å². The van der Waals surface area contributed by atoms with Gasteiger partial charge in [-0.2, -0.15) is 5.10 Å². The van der Waals surface area contributed by atoms with E-state index in [1.54, 1.807) is 6.20 Å². The van der Waals surface area contributed by atoms with Gasteiger partial charge in [-0.3, -0.25) is 4.68 Å². The highest BCUT2D eigenvalue weighted by molar-refractivity contribution is 6.31. The highest BCUT2D eigenvalue weighted by Crippen LogP contribution is 2.56. The Morgan fingerprint density at radius 3 is 2.65 bits per heavy atom. The van der Waals surface area contributed by atoms with Gasteiger partial charge in [-0.15, -0.1) is 0 Å². The van der Waals surface area contributed by atoms with Crippen LogP contribution in [0.1, 0.15) is 43.5 Å². The second-order valence-electron chi connectivity index (χ2n) is 5.60. The van der Waals surface area contributed by atoms with Crippen LogP contribution >= 0.6 is 11.6 Å². The Morgan fingerprint density at radius 1 is 1.35 bits per heavy atom. The molecule has 0 bridgehead atoms. The van der Waals surface area contributed by atoms with Gasteiger partial charge in [0, 0.05) is 12.0 Å². The van der Waals surface area contributed by atoms with E-state index < -0.39 is 0 Å². The van der Waals surface area contributed by atoms with E-state index in [4.69, 9.17) is 17.3 Å². The second kappa shape index (κ2) is 5.23. The molecule has 1 unspecified atom stereocenters. The maximum absolute atomic E-state index is 6.60. The maximum Gasteiger partial charge on any atom is 0.0834 e. The Kier molecular flexibility index (Phi) is 3.57. The second-order valence-corrected chi connectivity index (χ2v) is 6.01. The average molecular weight is 290 g/mol. The molecule has 0 saturated heterocycles. The van der Waals surface area contributed by atoms with Crippen molar-refractivity contribution in [3.63, 3.8) is 0 Å². The number of nitrogens with zero attached hydrogens (tertiary/aromatic N) is 2. The number of aromatic nitrogens is 2. The summed E-state index contributed by atoms with van der Waals surface area (Å²) in [6.45, 7) is 3.00. The van der Waals surface area contributed by atoms with Gasteiger partial charge >= 0.3 is 0 Å². The summed E-state index contributed by atoms with van der Waals surface area (Å²) in [5, 5.41) is 5.05. The van der Waals surface area contributed by atoms with Crippen molar-refractivity contribution < 1.29 is 0 Å². The number of rotatable bonds is 5. The fourth-order valence-corrected chi connectivity index (χ4v) is 3.28. The van der Waals surface area contributed by atoms with Crippen LogP contribution in [0.2, 0.25) is 5.02 Å². The normalized spacial score (nSPS) is 17.9. The Morgan fingerprint density at radius 2 is 2.05 bits per heavy atom. The smallest absolute Gasteiger partial charge is 0.0834 e. The number of nitrogens with two attached hydrogens (primary N) is 1. The van der Waals surface area contributed by atoms with Gasteiger partial charge in [0.15, 0.2) is 0 Å². The van der Waals surface area contributed by atoms with E-state index >= 15 is 0 Å². The van der Waals surface area contributed by atoms with E-state index in [-0.39, 0.29) is 11.5 Å². The minimum absolute atomic E-state index is 0.0381. The highest BCUT2D eigenvalue weighted by Gasteiger charge is 2.51. The Hall–Kier alpha value is -1.32. The van der Waals surface area contributed by atoms with E-state index in [0.717, 1.165) is 31.5 Å². The summed E-state index contributed by atoms with van der Waals surface area (Å²) in [5.41, 5.74) is 8.93. The van der Waals surface area contributed by atoms with Crippen molar-refractivity contribution in [3.05, 3.63) is 52.8 Å². The average Bonchev–Trinajstić information content (AvgIpc) is 3.20. The molecular weight excluding hydrogens is 270 g/mol. The van der Waals surface area contributed by atoms with Gasteiger partial charge in [-0.05, 0) is 24.8 Å². The lowest BCUT2D eigenvalue weighted by atomic mass is 9.86. The van der Waals surface area contributed by atoms with Crippen LogP contribution in [0.5, 0.6) is 0 Å². The molecule has 1 saturated carbocycles. The van der Waals surface area contributed by atoms with Gasteiger partial charge in [-0.25, -0.2) is 0 Å². The van der Waals surface area contributed by atoms with Gasteiger partial charge in [0.25, 0.3) is 0 Å². The molecule has 4 heteroatoms. The monoisotopic (exact) mass is 289 g/mol. The van der Waals surface area contributed by atoms with Crippen LogP contribution in [0, 0.1) is 0 Å². The summed E-state index contributed by atoms with van der Waals surface area (Å²) in [6.07, 6.45) is 4.97. The topological polar surface area (TPSA) is 43.8 Å². The molecule has 1 fully saturated rings. The van der Waals surface area contributed by atoms with E-state index in [1.807, 2.05) is 10.7 Å². The van der Waals surface area contributed by atoms with Crippen molar-refractivity contribution in [1.29, 1.82) is 0 Å². The fourth-order valence-electron chi connectivity index (χ4n) is 3.02. The molecule has 2 N–H and O–H groups in total. The molecule has 1 aromatic heterocycles. The molecule has 2 aromatic rings. The Labute approximate surface area is 124 Å². The summed E-state index contributed by atoms with van der Waals surface area (Å²) in [4.78, 5) is 0. The van der Waals surface area contributed by atoms with Crippen LogP contribution in [0.15, 0.2) is 36.5 Å². The molecule has 1 atom stereocenters. The summed E-state index contributed by atoms with van der Waals surface area (Å²) in [7, 11) is 0. The minimum Gasteiger partial charge on any atom is -0.322 e. The highest BCUT2D eigenvalue weighted by atomic mass is 35.5. The molecule has 1 heterocycles. The van der Waals surface area contributed by atoms with E-state index in [9.17, 15) is 0 Å². The zero-order valence-corrected chi connectivity index (χ0v) is 12.5. The number of aryl methyl sites for hydroxylation is 1. The first-order valence-corrected chi connectivity index (χ1v) is 7.59. The minimum atomic E-state index is -0.0913. The first-order valence-electron chi connectivity index (χ1n) is 7.21. The van der Waals surface area contributed by atoms with Crippen LogP contribution in [0.3, 0.4) is 0 Å². The van der Waals surface area contributed by atoms with Gasteiger partial charge in [-0.1, -0.05) is 48.9 Å². The lowest BCUT2D eigenvalue weighted by molar-refractivity contribution is 0.474. The summed E-state index contributed by atoms with van der Waals surface area (Å²) >= 11 is 6.33. The number of benzene rings is 1. The zero-order chi connectivity index (χ0) is 14.2. The Balaban J connectivity index is 1.97. The molecule has 3 nitrogen and oxygen atoms in total. The van der Waals surface area contributed by atoms with Crippen molar-refractivity contribution in [3.8, 4) is 0 Å². The summed E-state index contributed by atoms with van der Waals surface area (Å²) in [6, 6.07) is 10.4. The molecule has 1 aliphatic carbocycles. The first-order chi connectivity index (χ1) is 9.69. The first kappa shape index (κ1) is 13.7. The molecule has 0 radical (unpaired) electrons. The third kappa shape index (κ3) is 2.15. The van der Waals surface area contributed by atoms with Crippen LogP contribution in [0.4, 0.5) is 0 Å². The van der Waals surface area contributed by atoms with Crippen LogP contribution < -0.4 is 5.73 Å². The number of hydrogen-bond acceptors (Lipinski definition) is 2. The van der Waals surface area contributed by atoms with Gasteiger partial charge < -0.3 is 5.73 Å². The molecule has 106 valence electrons. The SMILES string of the molecule is CCCn1ncc(Cl)c1C(N)C1(c2ccccc2)CC1. The van der Waals surface area contributed by atoms with E-state index in [1.165, 1.54) is 5.56 Å². The van der Waals surface area contributed by atoms with Gasteiger partial charge in [0.2, 0.25) is 0 Å². The fraction of sp³-hybridized carbons (Fsp3) is 0.438. The molecule has 3 rings (SSSR count). The molecule has 1 aliphatic rings. The summed E-state index contributed by atoms with van der Waals surface area (Å²) in [5.74, 6) is 0. The van der Waals surface area contributed by atoms with Crippen molar-refractivity contribution in [1.82, 2.24) is 9.78 Å². The largest absolute Gasteiger partial charge is 0.322 e. The number of halogens is 1. The molecule has 1 aromatic carbocycles. The van der Waals surface area contributed by atoms with Gasteiger partial charge in [0.1, 0.15) is 0 Å². The van der Waals surface area contributed by atoms with E-state index in [0.29, 0.717) is 5.02 Å². The van der Waals surface area contributed by atoms with Crippen molar-refractivity contribution in [2.45, 2.75) is 44.2 Å². The molecule has 0 aliphatic heterocycles. The lowest BCUT2D eigenvalue weighted by Gasteiger charge is -2.25. The zero-order valence-electron chi connectivity index (χ0n) is 11.7. The van der Waals surface area contributed by atoms with Crippen LogP contribution in [-0.4, -0.2) is 9.78 Å².